The summed E-state index contributed by atoms with van der Waals surface area (Å²) in [5.41, 5.74) is -0.531. The number of piperazine rings is 1. The molecule has 1 atom stereocenters. The maximum Gasteiger partial charge on any atom is 0.435 e. The molecule has 1 amide bonds. The minimum Gasteiger partial charge on any atom is -0.468 e. The van der Waals surface area contributed by atoms with Crippen LogP contribution in [0.25, 0.3) is 0 Å². The summed E-state index contributed by atoms with van der Waals surface area (Å²) in [6.07, 6.45) is -2.84. The number of carbonyl (C=O) groups excluding carboxylic acids is 1. The molecule has 0 aliphatic carbocycles. The van der Waals surface area contributed by atoms with Crippen molar-refractivity contribution >= 4 is 5.91 Å². The van der Waals surface area contributed by atoms with Gasteiger partial charge in [0, 0.05) is 31.9 Å². The van der Waals surface area contributed by atoms with E-state index < -0.39 is 17.8 Å². The minimum atomic E-state index is -4.48. The smallest absolute Gasteiger partial charge is 0.435 e. The molecular weight excluding hydrogens is 361 g/mol. The van der Waals surface area contributed by atoms with Gasteiger partial charge in [0.15, 0.2) is 5.69 Å². The molecule has 0 spiro atoms. The van der Waals surface area contributed by atoms with E-state index in [1.54, 1.807) is 25.0 Å². The third-order valence-corrected chi connectivity index (χ3v) is 4.78. The van der Waals surface area contributed by atoms with E-state index in [-0.39, 0.29) is 12.5 Å². The van der Waals surface area contributed by atoms with Gasteiger partial charge in [0.05, 0.1) is 25.3 Å². The average Bonchev–Trinajstić information content (AvgIpc) is 3.25. The van der Waals surface area contributed by atoms with E-state index in [0.29, 0.717) is 25.3 Å². The maximum atomic E-state index is 12.8. The van der Waals surface area contributed by atoms with E-state index >= 15 is 0 Å². The predicted molar refractivity (Wildman–Crippen MR) is 91.7 cm³/mol. The van der Waals surface area contributed by atoms with Crippen molar-refractivity contribution in [1.82, 2.24) is 19.6 Å². The molecule has 1 unspecified atom stereocenters. The molecule has 27 heavy (non-hydrogen) atoms. The molecular formula is C18H23F3N4O2. The molecule has 2 aromatic heterocycles. The van der Waals surface area contributed by atoms with Gasteiger partial charge in [-0.3, -0.25) is 14.4 Å². The van der Waals surface area contributed by atoms with Gasteiger partial charge in [0.1, 0.15) is 5.76 Å². The Kier molecular flexibility index (Phi) is 5.59. The first kappa shape index (κ1) is 19.5. The quantitative estimate of drug-likeness (QED) is 0.796. The molecule has 1 aliphatic rings. The first-order chi connectivity index (χ1) is 12.7. The summed E-state index contributed by atoms with van der Waals surface area (Å²) < 4.78 is 44.9. The zero-order valence-corrected chi connectivity index (χ0v) is 15.4. The van der Waals surface area contributed by atoms with Gasteiger partial charge in [-0.15, -0.1) is 0 Å². The number of furan rings is 1. The molecule has 1 saturated heterocycles. The summed E-state index contributed by atoms with van der Waals surface area (Å²) in [6.45, 7) is 6.78. The molecule has 9 heteroatoms. The van der Waals surface area contributed by atoms with Gasteiger partial charge >= 0.3 is 6.18 Å². The first-order valence-electron chi connectivity index (χ1n) is 8.89. The second-order valence-corrected chi connectivity index (χ2v) is 6.93. The molecule has 3 heterocycles. The average molecular weight is 384 g/mol. The van der Waals surface area contributed by atoms with Crippen LogP contribution in [-0.2, 0) is 24.1 Å². The highest BCUT2D eigenvalue weighted by Crippen LogP contribution is 2.28. The van der Waals surface area contributed by atoms with Crippen molar-refractivity contribution in [1.29, 1.82) is 0 Å². The second-order valence-electron chi connectivity index (χ2n) is 6.93. The van der Waals surface area contributed by atoms with Crippen LogP contribution in [0.5, 0.6) is 0 Å². The minimum absolute atomic E-state index is 0.0592. The van der Waals surface area contributed by atoms with Crippen molar-refractivity contribution in [2.75, 3.05) is 26.2 Å². The molecule has 0 radical (unpaired) electrons. The fourth-order valence-electron chi connectivity index (χ4n) is 3.23. The van der Waals surface area contributed by atoms with Crippen LogP contribution in [0.1, 0.15) is 24.1 Å². The van der Waals surface area contributed by atoms with E-state index in [2.05, 4.69) is 10.00 Å². The number of hydrogen-bond donors (Lipinski definition) is 0. The van der Waals surface area contributed by atoms with Crippen LogP contribution in [0.3, 0.4) is 0 Å². The lowest BCUT2D eigenvalue weighted by molar-refractivity contribution is -0.141. The van der Waals surface area contributed by atoms with Gasteiger partial charge in [-0.2, -0.15) is 18.3 Å². The standard InChI is InChI=1S/C18H23F3N4O2/c1-13(11-25-14(2)10-16(22-25)18(19,20)21)17(26)24-7-5-23(6-8-24)12-15-4-3-9-27-15/h3-4,9-10,13H,5-8,11-12H2,1-2H3. The lowest BCUT2D eigenvalue weighted by atomic mass is 10.1. The molecule has 0 aromatic carbocycles. The van der Waals surface area contributed by atoms with Gasteiger partial charge in [-0.05, 0) is 25.1 Å². The Morgan fingerprint density at radius 2 is 2.00 bits per heavy atom. The Hall–Kier alpha value is -2.29. The number of alkyl halides is 3. The third kappa shape index (κ3) is 4.71. The fourth-order valence-corrected chi connectivity index (χ4v) is 3.23. The topological polar surface area (TPSA) is 54.5 Å². The molecule has 3 rings (SSSR count). The summed E-state index contributed by atoms with van der Waals surface area (Å²) in [4.78, 5) is 16.6. The highest BCUT2D eigenvalue weighted by Gasteiger charge is 2.35. The first-order valence-corrected chi connectivity index (χ1v) is 8.89. The number of carbonyl (C=O) groups is 1. The number of aryl methyl sites for hydroxylation is 1. The lowest BCUT2D eigenvalue weighted by Gasteiger charge is -2.35. The predicted octanol–water partition coefficient (Wildman–Crippen LogP) is 2.78. The van der Waals surface area contributed by atoms with Crippen LogP contribution in [-0.4, -0.2) is 51.7 Å². The largest absolute Gasteiger partial charge is 0.468 e. The zero-order valence-electron chi connectivity index (χ0n) is 15.4. The zero-order chi connectivity index (χ0) is 19.6. The number of hydrogen-bond acceptors (Lipinski definition) is 4. The highest BCUT2D eigenvalue weighted by atomic mass is 19.4. The van der Waals surface area contributed by atoms with Crippen molar-refractivity contribution in [3.05, 3.63) is 41.6 Å². The SMILES string of the molecule is Cc1cc(C(F)(F)F)nn1CC(C)C(=O)N1CCN(Cc2ccco2)CC1. The monoisotopic (exact) mass is 384 g/mol. The van der Waals surface area contributed by atoms with Crippen LogP contribution >= 0.6 is 0 Å². The molecule has 1 fully saturated rings. The van der Waals surface area contributed by atoms with Gasteiger partial charge in [-0.25, -0.2) is 0 Å². The van der Waals surface area contributed by atoms with Crippen molar-refractivity contribution in [2.45, 2.75) is 33.1 Å². The maximum absolute atomic E-state index is 12.8. The van der Waals surface area contributed by atoms with Crippen molar-refractivity contribution in [3.8, 4) is 0 Å². The van der Waals surface area contributed by atoms with Crippen LogP contribution in [0, 0.1) is 12.8 Å². The van der Waals surface area contributed by atoms with Crippen LogP contribution < -0.4 is 0 Å². The molecule has 148 valence electrons. The van der Waals surface area contributed by atoms with Crippen LogP contribution in [0.2, 0.25) is 0 Å². The Bertz CT molecular complexity index is 762. The summed E-state index contributed by atoms with van der Waals surface area (Å²) >= 11 is 0. The summed E-state index contributed by atoms with van der Waals surface area (Å²) in [5, 5.41) is 3.60. The number of nitrogens with zero attached hydrogens (tertiary/aromatic N) is 4. The molecule has 1 aliphatic heterocycles. The Morgan fingerprint density at radius 3 is 2.56 bits per heavy atom. The van der Waals surface area contributed by atoms with Gasteiger partial charge in [-0.1, -0.05) is 6.92 Å². The summed E-state index contributed by atoms with van der Waals surface area (Å²) in [5.74, 6) is 0.384. The number of halogens is 3. The van der Waals surface area contributed by atoms with Gasteiger partial charge in [0.25, 0.3) is 0 Å². The van der Waals surface area contributed by atoms with E-state index in [0.717, 1.165) is 24.9 Å². The van der Waals surface area contributed by atoms with Crippen molar-refractivity contribution in [2.24, 2.45) is 5.92 Å². The lowest BCUT2D eigenvalue weighted by Crippen LogP contribution is -2.50. The van der Waals surface area contributed by atoms with E-state index in [1.807, 2.05) is 12.1 Å². The summed E-state index contributed by atoms with van der Waals surface area (Å²) in [7, 11) is 0. The number of rotatable bonds is 5. The summed E-state index contributed by atoms with van der Waals surface area (Å²) in [6, 6.07) is 4.77. The second kappa shape index (κ2) is 7.75. The number of aromatic nitrogens is 2. The molecule has 0 saturated carbocycles. The number of amides is 1. The van der Waals surface area contributed by atoms with E-state index in [1.165, 1.54) is 4.68 Å². The molecule has 0 bridgehead atoms. The Balaban J connectivity index is 1.53. The van der Waals surface area contributed by atoms with E-state index in [9.17, 15) is 18.0 Å². The van der Waals surface area contributed by atoms with Gasteiger partial charge < -0.3 is 9.32 Å². The van der Waals surface area contributed by atoms with E-state index in [4.69, 9.17) is 4.42 Å². The van der Waals surface area contributed by atoms with Crippen molar-refractivity contribution in [3.63, 3.8) is 0 Å². The molecule has 6 nitrogen and oxygen atoms in total. The normalized spacial score (nSPS) is 17.3. The van der Waals surface area contributed by atoms with Gasteiger partial charge in [0.2, 0.25) is 5.91 Å². The van der Waals surface area contributed by atoms with Crippen molar-refractivity contribution < 1.29 is 22.4 Å². The highest BCUT2D eigenvalue weighted by molar-refractivity contribution is 5.78. The van der Waals surface area contributed by atoms with Crippen LogP contribution in [0.15, 0.2) is 28.9 Å². The molecule has 2 aromatic rings. The Labute approximate surface area is 155 Å². The van der Waals surface area contributed by atoms with Crippen LogP contribution in [0.4, 0.5) is 13.2 Å². The fraction of sp³-hybridized carbons (Fsp3) is 0.556. The molecule has 0 N–H and O–H groups in total. The Morgan fingerprint density at radius 1 is 1.30 bits per heavy atom. The third-order valence-electron chi connectivity index (χ3n) is 4.78.